The van der Waals surface area contributed by atoms with Gasteiger partial charge in [0, 0.05) is 44.0 Å². The Morgan fingerprint density at radius 1 is 0.939 bits per heavy atom. The minimum atomic E-state index is -0.0156. The van der Waals surface area contributed by atoms with Crippen LogP contribution in [0.4, 0.5) is 0 Å². The zero-order chi connectivity index (χ0) is 23.6. The number of thiophene rings is 1. The first-order chi connectivity index (χ1) is 15.7. The summed E-state index contributed by atoms with van der Waals surface area (Å²) in [5.41, 5.74) is 3.89. The molecule has 0 N–H and O–H groups in total. The smallest absolute Gasteiger partial charge is 0.236 e. The highest BCUT2D eigenvalue weighted by atomic mass is 32.1. The van der Waals surface area contributed by atoms with Crippen LogP contribution in [0.25, 0.3) is 0 Å². The Bertz CT molecular complexity index is 993. The molecule has 0 radical (unpaired) electrons. The van der Waals surface area contributed by atoms with Gasteiger partial charge in [-0.2, -0.15) is 0 Å². The average Bonchev–Trinajstić information content (AvgIpc) is 3.08. The van der Waals surface area contributed by atoms with Gasteiger partial charge in [0.15, 0.2) is 0 Å². The molecule has 0 saturated carbocycles. The molecule has 2 aromatic rings. The fourth-order valence-corrected chi connectivity index (χ4v) is 5.96. The molecule has 33 heavy (non-hydrogen) atoms. The molecule has 1 aromatic carbocycles. The van der Waals surface area contributed by atoms with Crippen LogP contribution >= 0.6 is 11.3 Å². The van der Waals surface area contributed by atoms with Gasteiger partial charge in [0.2, 0.25) is 11.8 Å². The van der Waals surface area contributed by atoms with E-state index in [9.17, 15) is 9.59 Å². The average molecular weight is 468 g/mol. The van der Waals surface area contributed by atoms with Crippen LogP contribution in [-0.4, -0.2) is 65.8 Å². The molecule has 0 aliphatic carbocycles. The lowest BCUT2D eigenvalue weighted by Crippen LogP contribution is -2.45. The normalized spacial score (nSPS) is 19.8. The molecule has 1 fully saturated rings. The van der Waals surface area contributed by atoms with Gasteiger partial charge in [-0.05, 0) is 53.3 Å². The summed E-state index contributed by atoms with van der Waals surface area (Å²) in [6, 6.07) is 10.9. The molecular formula is C27H37N3O2S. The third-order valence-corrected chi connectivity index (χ3v) is 7.77. The van der Waals surface area contributed by atoms with Gasteiger partial charge in [-0.25, -0.2) is 0 Å². The number of aryl methyl sites for hydroxylation is 1. The molecule has 1 aromatic heterocycles. The Morgan fingerprint density at radius 3 is 2.33 bits per heavy atom. The SMILES string of the molecule is Cc1ccccc1[C@H]1c2ccsc2CCN1CC(=O)N1CCCN(C(=O)CC(C)(C)C)CC1. The summed E-state index contributed by atoms with van der Waals surface area (Å²) in [6.45, 7) is 12.5. The third kappa shape index (κ3) is 5.67. The zero-order valence-electron chi connectivity index (χ0n) is 20.5. The monoisotopic (exact) mass is 467 g/mol. The largest absolute Gasteiger partial charge is 0.341 e. The Kier molecular flexibility index (Phi) is 7.25. The topological polar surface area (TPSA) is 43.9 Å². The third-order valence-electron chi connectivity index (χ3n) is 6.77. The van der Waals surface area contributed by atoms with E-state index in [0.29, 0.717) is 26.1 Å². The Balaban J connectivity index is 1.45. The zero-order valence-corrected chi connectivity index (χ0v) is 21.3. The van der Waals surface area contributed by atoms with Crippen LogP contribution in [0, 0.1) is 12.3 Å². The lowest BCUT2D eigenvalue weighted by atomic mass is 9.90. The minimum Gasteiger partial charge on any atom is -0.341 e. The van der Waals surface area contributed by atoms with Crippen molar-refractivity contribution in [3.63, 3.8) is 0 Å². The number of rotatable bonds is 4. The number of fused-ring (bicyclic) bond motifs is 1. The van der Waals surface area contributed by atoms with Gasteiger partial charge in [0.1, 0.15) is 0 Å². The fourth-order valence-electron chi connectivity index (χ4n) is 5.05. The van der Waals surface area contributed by atoms with Crippen LogP contribution in [0.2, 0.25) is 0 Å². The highest BCUT2D eigenvalue weighted by Crippen LogP contribution is 2.38. The maximum Gasteiger partial charge on any atom is 0.236 e. The van der Waals surface area contributed by atoms with Gasteiger partial charge in [-0.1, -0.05) is 45.0 Å². The highest BCUT2D eigenvalue weighted by Gasteiger charge is 2.33. The van der Waals surface area contributed by atoms with Crippen LogP contribution in [-0.2, 0) is 16.0 Å². The molecule has 4 rings (SSSR count). The van der Waals surface area contributed by atoms with Crippen molar-refractivity contribution in [1.82, 2.24) is 14.7 Å². The predicted octanol–water partition coefficient (Wildman–Crippen LogP) is 4.50. The van der Waals surface area contributed by atoms with Crippen molar-refractivity contribution in [1.29, 1.82) is 0 Å². The number of carbonyl (C=O) groups excluding carboxylic acids is 2. The van der Waals surface area contributed by atoms with E-state index in [-0.39, 0.29) is 23.3 Å². The molecule has 5 nitrogen and oxygen atoms in total. The summed E-state index contributed by atoms with van der Waals surface area (Å²) < 4.78 is 0. The first kappa shape index (κ1) is 24.0. The quantitative estimate of drug-likeness (QED) is 0.665. The summed E-state index contributed by atoms with van der Waals surface area (Å²) in [7, 11) is 0. The molecule has 1 atom stereocenters. The van der Waals surface area contributed by atoms with Gasteiger partial charge < -0.3 is 9.80 Å². The van der Waals surface area contributed by atoms with Crippen molar-refractivity contribution in [2.45, 2.75) is 53.0 Å². The second-order valence-electron chi connectivity index (χ2n) is 10.6. The highest BCUT2D eigenvalue weighted by molar-refractivity contribution is 7.10. The minimum absolute atomic E-state index is 0.0156. The van der Waals surface area contributed by atoms with Crippen molar-refractivity contribution in [2.75, 3.05) is 39.3 Å². The van der Waals surface area contributed by atoms with Crippen molar-refractivity contribution >= 4 is 23.2 Å². The first-order valence-electron chi connectivity index (χ1n) is 12.1. The fraction of sp³-hybridized carbons (Fsp3) is 0.556. The number of nitrogens with zero attached hydrogens (tertiary/aromatic N) is 3. The van der Waals surface area contributed by atoms with E-state index in [1.165, 1.54) is 21.6 Å². The van der Waals surface area contributed by atoms with Crippen LogP contribution < -0.4 is 0 Å². The molecule has 3 heterocycles. The van der Waals surface area contributed by atoms with Crippen molar-refractivity contribution < 1.29 is 9.59 Å². The Labute approximate surface area is 202 Å². The molecule has 178 valence electrons. The van der Waals surface area contributed by atoms with E-state index in [2.05, 4.69) is 68.3 Å². The summed E-state index contributed by atoms with van der Waals surface area (Å²) in [4.78, 5) is 33.8. The van der Waals surface area contributed by atoms with Crippen molar-refractivity contribution in [2.24, 2.45) is 5.41 Å². The molecule has 0 spiro atoms. The van der Waals surface area contributed by atoms with Crippen LogP contribution in [0.1, 0.15) is 61.2 Å². The number of carbonyl (C=O) groups is 2. The lowest BCUT2D eigenvalue weighted by Gasteiger charge is -2.37. The van der Waals surface area contributed by atoms with Gasteiger partial charge in [-0.3, -0.25) is 14.5 Å². The van der Waals surface area contributed by atoms with Gasteiger partial charge in [0.25, 0.3) is 0 Å². The molecule has 0 unspecified atom stereocenters. The molecule has 6 heteroatoms. The molecule has 2 amide bonds. The van der Waals surface area contributed by atoms with E-state index < -0.39 is 0 Å². The molecule has 2 aliphatic rings. The number of hydrogen-bond donors (Lipinski definition) is 0. The molecular weight excluding hydrogens is 430 g/mol. The Morgan fingerprint density at radius 2 is 1.64 bits per heavy atom. The van der Waals surface area contributed by atoms with Crippen molar-refractivity contribution in [3.05, 3.63) is 57.3 Å². The van der Waals surface area contributed by atoms with E-state index >= 15 is 0 Å². The van der Waals surface area contributed by atoms with E-state index in [0.717, 1.165) is 32.5 Å². The molecule has 1 saturated heterocycles. The summed E-state index contributed by atoms with van der Waals surface area (Å²) in [5.74, 6) is 0.384. The number of hydrogen-bond acceptors (Lipinski definition) is 4. The molecule has 0 bridgehead atoms. The first-order valence-corrected chi connectivity index (χ1v) is 13.0. The molecule has 2 aliphatic heterocycles. The maximum atomic E-state index is 13.4. The Hall–Kier alpha value is -2.18. The van der Waals surface area contributed by atoms with Crippen LogP contribution in [0.5, 0.6) is 0 Å². The second kappa shape index (κ2) is 9.98. The van der Waals surface area contributed by atoms with Gasteiger partial charge in [-0.15, -0.1) is 11.3 Å². The summed E-state index contributed by atoms with van der Waals surface area (Å²) >= 11 is 1.83. The number of amides is 2. The lowest BCUT2D eigenvalue weighted by molar-refractivity contribution is -0.135. The second-order valence-corrected chi connectivity index (χ2v) is 11.6. The van der Waals surface area contributed by atoms with E-state index in [4.69, 9.17) is 0 Å². The maximum absolute atomic E-state index is 13.4. The predicted molar refractivity (Wildman–Crippen MR) is 134 cm³/mol. The van der Waals surface area contributed by atoms with Crippen molar-refractivity contribution in [3.8, 4) is 0 Å². The van der Waals surface area contributed by atoms with Crippen LogP contribution in [0.15, 0.2) is 35.7 Å². The van der Waals surface area contributed by atoms with E-state index in [1.807, 2.05) is 21.1 Å². The van der Waals surface area contributed by atoms with Crippen LogP contribution in [0.3, 0.4) is 0 Å². The standard InChI is InChI=1S/C27H37N3O2S/c1-20-8-5-6-9-21(20)26-22-11-17-33-23(22)10-14-30(26)19-25(32)29-13-7-12-28(15-16-29)24(31)18-27(2,3)4/h5-6,8-9,11,17,26H,7,10,12-16,18-19H2,1-4H3/t26-/m0/s1. The summed E-state index contributed by atoms with van der Waals surface area (Å²) in [6.07, 6.45) is 2.39. The van der Waals surface area contributed by atoms with E-state index in [1.54, 1.807) is 0 Å². The number of benzene rings is 1. The van der Waals surface area contributed by atoms with Gasteiger partial charge >= 0.3 is 0 Å². The summed E-state index contributed by atoms with van der Waals surface area (Å²) in [5, 5.41) is 2.18. The van der Waals surface area contributed by atoms with Gasteiger partial charge in [0.05, 0.1) is 12.6 Å².